The van der Waals surface area contributed by atoms with E-state index >= 15 is 0 Å². The van der Waals surface area contributed by atoms with E-state index in [9.17, 15) is 4.79 Å². The highest BCUT2D eigenvalue weighted by molar-refractivity contribution is 5.73. The summed E-state index contributed by atoms with van der Waals surface area (Å²) in [6.45, 7) is 6.65. The largest absolute Gasteiger partial charge is 0.466 e. The van der Waals surface area contributed by atoms with Crippen molar-refractivity contribution in [3.63, 3.8) is 0 Å². The van der Waals surface area contributed by atoms with Crippen molar-refractivity contribution in [3.8, 4) is 0 Å². The van der Waals surface area contributed by atoms with Crippen molar-refractivity contribution in [2.45, 2.75) is 27.2 Å². The summed E-state index contributed by atoms with van der Waals surface area (Å²) in [5, 5.41) is 0. The van der Waals surface area contributed by atoms with E-state index in [0.29, 0.717) is 19.6 Å². The minimum absolute atomic E-state index is 0.199. The molecule has 0 aliphatic carbocycles. The van der Waals surface area contributed by atoms with Crippen molar-refractivity contribution in [2.24, 2.45) is 11.7 Å². The molecule has 0 saturated heterocycles. The molecule has 0 spiro atoms. The van der Waals surface area contributed by atoms with Crippen LogP contribution in [0.5, 0.6) is 0 Å². The Morgan fingerprint density at radius 2 is 2.12 bits per heavy atom. The van der Waals surface area contributed by atoms with Gasteiger partial charge < -0.3 is 10.5 Å². The van der Waals surface area contributed by atoms with E-state index in [2.05, 4.69) is 32.0 Å². The molecule has 1 aromatic rings. The minimum atomic E-state index is -0.239. The lowest BCUT2D eigenvalue weighted by atomic mass is 9.95. The summed E-state index contributed by atoms with van der Waals surface area (Å²) in [5.41, 5.74) is 9.23. The summed E-state index contributed by atoms with van der Waals surface area (Å²) in [5.74, 6) is -0.439. The Morgan fingerprint density at radius 3 is 2.65 bits per heavy atom. The predicted molar refractivity (Wildman–Crippen MR) is 68.8 cm³/mol. The van der Waals surface area contributed by atoms with Crippen LogP contribution in [0.4, 0.5) is 0 Å². The predicted octanol–water partition coefficient (Wildman–Crippen LogP) is 1.98. The second kappa shape index (κ2) is 6.40. The first-order valence-electron chi connectivity index (χ1n) is 6.01. The van der Waals surface area contributed by atoms with E-state index < -0.39 is 0 Å². The van der Waals surface area contributed by atoms with Crippen molar-refractivity contribution in [1.82, 2.24) is 0 Å². The van der Waals surface area contributed by atoms with Crippen LogP contribution >= 0.6 is 0 Å². The number of ether oxygens (including phenoxy) is 1. The van der Waals surface area contributed by atoms with E-state index in [-0.39, 0.29) is 11.9 Å². The van der Waals surface area contributed by atoms with Crippen molar-refractivity contribution >= 4 is 5.97 Å². The van der Waals surface area contributed by atoms with Gasteiger partial charge in [0.15, 0.2) is 0 Å². The van der Waals surface area contributed by atoms with Crippen LogP contribution in [0.2, 0.25) is 0 Å². The molecule has 94 valence electrons. The Balaban J connectivity index is 2.77. The van der Waals surface area contributed by atoms with Crippen LogP contribution in [0.15, 0.2) is 18.2 Å². The van der Waals surface area contributed by atoms with Crippen molar-refractivity contribution in [1.29, 1.82) is 0 Å². The zero-order chi connectivity index (χ0) is 12.8. The van der Waals surface area contributed by atoms with Crippen molar-refractivity contribution in [3.05, 3.63) is 34.9 Å². The zero-order valence-electron chi connectivity index (χ0n) is 10.8. The van der Waals surface area contributed by atoms with E-state index in [1.165, 1.54) is 16.7 Å². The fourth-order valence-electron chi connectivity index (χ4n) is 1.86. The van der Waals surface area contributed by atoms with Crippen LogP contribution < -0.4 is 5.73 Å². The number of aryl methyl sites for hydroxylation is 2. The molecule has 2 N–H and O–H groups in total. The van der Waals surface area contributed by atoms with Gasteiger partial charge in [-0.3, -0.25) is 4.79 Å². The van der Waals surface area contributed by atoms with Gasteiger partial charge in [-0.1, -0.05) is 23.8 Å². The number of hydrogen-bond acceptors (Lipinski definition) is 3. The van der Waals surface area contributed by atoms with Gasteiger partial charge in [-0.25, -0.2) is 0 Å². The number of hydrogen-bond donors (Lipinski definition) is 1. The van der Waals surface area contributed by atoms with Gasteiger partial charge in [0.2, 0.25) is 0 Å². The third kappa shape index (κ3) is 3.86. The highest BCUT2D eigenvalue weighted by atomic mass is 16.5. The first-order valence-corrected chi connectivity index (χ1v) is 6.01. The maximum atomic E-state index is 11.7. The molecular weight excluding hydrogens is 214 g/mol. The average Bonchev–Trinajstić information content (AvgIpc) is 2.28. The Kier molecular flexibility index (Phi) is 5.16. The SMILES string of the molecule is CCOC(=O)C(CN)Cc1ccc(C)cc1C. The summed E-state index contributed by atoms with van der Waals surface area (Å²) in [7, 11) is 0. The Labute approximate surface area is 103 Å². The molecule has 0 saturated carbocycles. The third-order valence-corrected chi connectivity index (χ3v) is 2.87. The number of nitrogens with two attached hydrogens (primary N) is 1. The fraction of sp³-hybridized carbons (Fsp3) is 0.500. The lowest BCUT2D eigenvalue weighted by Gasteiger charge is -2.15. The maximum absolute atomic E-state index is 11.7. The second-order valence-corrected chi connectivity index (χ2v) is 4.32. The van der Waals surface area contributed by atoms with Gasteiger partial charge in [-0.05, 0) is 38.3 Å². The third-order valence-electron chi connectivity index (χ3n) is 2.87. The summed E-state index contributed by atoms with van der Waals surface area (Å²) < 4.78 is 5.01. The Morgan fingerprint density at radius 1 is 1.41 bits per heavy atom. The van der Waals surface area contributed by atoms with Crippen LogP contribution in [0.1, 0.15) is 23.6 Å². The number of carbonyl (C=O) groups is 1. The van der Waals surface area contributed by atoms with Crippen LogP contribution in [0, 0.1) is 19.8 Å². The number of esters is 1. The first kappa shape index (κ1) is 13.7. The monoisotopic (exact) mass is 235 g/mol. The van der Waals surface area contributed by atoms with Gasteiger partial charge in [0.25, 0.3) is 0 Å². The number of benzene rings is 1. The molecule has 0 radical (unpaired) electrons. The van der Waals surface area contributed by atoms with Gasteiger partial charge in [0, 0.05) is 6.54 Å². The summed E-state index contributed by atoms with van der Waals surface area (Å²) in [4.78, 5) is 11.7. The molecule has 1 atom stereocenters. The highest BCUT2D eigenvalue weighted by Crippen LogP contribution is 2.15. The number of rotatable bonds is 5. The Hall–Kier alpha value is -1.35. The summed E-state index contributed by atoms with van der Waals surface area (Å²) >= 11 is 0. The van der Waals surface area contributed by atoms with Gasteiger partial charge >= 0.3 is 5.97 Å². The van der Waals surface area contributed by atoms with Crippen LogP contribution in [-0.4, -0.2) is 19.1 Å². The molecule has 0 aliphatic rings. The van der Waals surface area contributed by atoms with Gasteiger partial charge in [-0.15, -0.1) is 0 Å². The highest BCUT2D eigenvalue weighted by Gasteiger charge is 2.19. The molecule has 1 unspecified atom stereocenters. The molecular formula is C14H21NO2. The summed E-state index contributed by atoms with van der Waals surface area (Å²) in [6, 6.07) is 6.24. The van der Waals surface area contributed by atoms with Gasteiger partial charge in [0.1, 0.15) is 0 Å². The zero-order valence-corrected chi connectivity index (χ0v) is 10.8. The summed E-state index contributed by atoms with van der Waals surface area (Å²) in [6.07, 6.45) is 0.654. The lowest BCUT2D eigenvalue weighted by Crippen LogP contribution is -2.27. The molecule has 0 fully saturated rings. The molecule has 1 rings (SSSR count). The minimum Gasteiger partial charge on any atom is -0.466 e. The molecule has 17 heavy (non-hydrogen) atoms. The Bertz CT molecular complexity index is 388. The molecule has 3 heteroatoms. The molecule has 0 aromatic heterocycles. The van der Waals surface area contributed by atoms with Gasteiger partial charge in [-0.2, -0.15) is 0 Å². The smallest absolute Gasteiger partial charge is 0.310 e. The molecule has 0 bridgehead atoms. The molecule has 3 nitrogen and oxygen atoms in total. The van der Waals surface area contributed by atoms with Crippen LogP contribution in [0.25, 0.3) is 0 Å². The molecule has 1 aromatic carbocycles. The quantitative estimate of drug-likeness (QED) is 0.794. The molecule has 0 heterocycles. The standard InChI is InChI=1S/C14H21NO2/c1-4-17-14(16)13(9-15)8-12-6-5-10(2)7-11(12)3/h5-7,13H,4,8-9,15H2,1-3H3. The van der Waals surface area contributed by atoms with E-state index in [1.54, 1.807) is 0 Å². The molecule has 0 aliphatic heterocycles. The topological polar surface area (TPSA) is 52.3 Å². The second-order valence-electron chi connectivity index (χ2n) is 4.32. The lowest BCUT2D eigenvalue weighted by molar-refractivity contribution is -0.147. The van der Waals surface area contributed by atoms with E-state index in [1.807, 2.05) is 6.92 Å². The fourth-order valence-corrected chi connectivity index (χ4v) is 1.86. The van der Waals surface area contributed by atoms with Crippen LogP contribution in [0.3, 0.4) is 0 Å². The van der Waals surface area contributed by atoms with Crippen LogP contribution in [-0.2, 0) is 16.0 Å². The maximum Gasteiger partial charge on any atom is 0.310 e. The van der Waals surface area contributed by atoms with E-state index in [4.69, 9.17) is 10.5 Å². The van der Waals surface area contributed by atoms with E-state index in [0.717, 1.165) is 0 Å². The van der Waals surface area contributed by atoms with Crippen molar-refractivity contribution in [2.75, 3.05) is 13.2 Å². The number of carbonyl (C=O) groups excluding carboxylic acids is 1. The average molecular weight is 235 g/mol. The normalized spacial score (nSPS) is 12.2. The molecule has 0 amide bonds. The van der Waals surface area contributed by atoms with Crippen molar-refractivity contribution < 1.29 is 9.53 Å². The first-order chi connectivity index (χ1) is 8.08. The van der Waals surface area contributed by atoms with Gasteiger partial charge in [0.05, 0.1) is 12.5 Å².